The zero-order chi connectivity index (χ0) is 17.9. The summed E-state index contributed by atoms with van der Waals surface area (Å²) in [6.07, 6.45) is 20.4. The van der Waals surface area contributed by atoms with E-state index in [1.54, 1.807) is 0 Å². The number of carbonyl (C=O) groups is 1. The van der Waals surface area contributed by atoms with Gasteiger partial charge in [0.25, 0.3) is 0 Å². The summed E-state index contributed by atoms with van der Waals surface area (Å²) in [6, 6.07) is 0. The SMILES string of the molecule is CCCCCCCCCCCCCCCCCCOC(=O)C(C)O.[H-].[K+]. The van der Waals surface area contributed by atoms with Crippen molar-refractivity contribution in [2.45, 2.75) is 123 Å². The van der Waals surface area contributed by atoms with Crippen molar-refractivity contribution in [2.24, 2.45) is 0 Å². The molecule has 1 N–H and O–H groups in total. The standard InChI is InChI=1S/C21H42O3.K.H/c1-3-4-5-6-7-8-9-10-11-12-13-14-15-16-17-18-19-24-21(23)20(2)22;;/h20,22H,3-19H2,1-2H3;;/q;+1;-1. The van der Waals surface area contributed by atoms with E-state index in [1.807, 2.05) is 0 Å². The summed E-state index contributed by atoms with van der Waals surface area (Å²) >= 11 is 0. The molecular formula is C21H43KO3. The van der Waals surface area contributed by atoms with Crippen LogP contribution in [0, 0.1) is 0 Å². The fourth-order valence-corrected chi connectivity index (χ4v) is 2.94. The zero-order valence-electron chi connectivity index (χ0n) is 18.4. The summed E-state index contributed by atoms with van der Waals surface area (Å²) in [5.41, 5.74) is 0. The van der Waals surface area contributed by atoms with Gasteiger partial charge in [-0.15, -0.1) is 0 Å². The molecule has 0 rings (SSSR count). The maximum Gasteiger partial charge on any atom is 1.00 e. The number of esters is 1. The van der Waals surface area contributed by atoms with Gasteiger partial charge in [-0.3, -0.25) is 0 Å². The van der Waals surface area contributed by atoms with Gasteiger partial charge >= 0.3 is 57.4 Å². The van der Waals surface area contributed by atoms with Gasteiger partial charge in [-0.1, -0.05) is 103 Å². The third-order valence-corrected chi connectivity index (χ3v) is 4.58. The fourth-order valence-electron chi connectivity index (χ4n) is 2.94. The minimum absolute atomic E-state index is 0. The van der Waals surface area contributed by atoms with Gasteiger partial charge in [0.05, 0.1) is 6.61 Å². The molecule has 0 saturated heterocycles. The van der Waals surface area contributed by atoms with E-state index in [-0.39, 0.29) is 52.8 Å². The Kier molecular flexibility index (Phi) is 26.1. The second kappa shape index (κ2) is 23.1. The zero-order valence-corrected chi connectivity index (χ0v) is 20.5. The molecule has 4 heteroatoms. The smallest absolute Gasteiger partial charge is 1.00 e. The van der Waals surface area contributed by atoms with E-state index in [1.165, 1.54) is 96.8 Å². The molecule has 0 bridgehead atoms. The van der Waals surface area contributed by atoms with Gasteiger partial charge in [-0.25, -0.2) is 4.79 Å². The number of ether oxygens (including phenoxy) is 1. The minimum Gasteiger partial charge on any atom is -1.00 e. The summed E-state index contributed by atoms with van der Waals surface area (Å²) < 4.78 is 4.93. The summed E-state index contributed by atoms with van der Waals surface area (Å²) in [6.45, 7) is 4.16. The van der Waals surface area contributed by atoms with Crippen molar-refractivity contribution in [1.29, 1.82) is 0 Å². The maximum atomic E-state index is 11.0. The van der Waals surface area contributed by atoms with Gasteiger partial charge in [0.1, 0.15) is 6.10 Å². The van der Waals surface area contributed by atoms with Crippen molar-refractivity contribution >= 4 is 5.97 Å². The van der Waals surface area contributed by atoms with Crippen LogP contribution in [0.3, 0.4) is 0 Å². The minimum atomic E-state index is -0.994. The van der Waals surface area contributed by atoms with Crippen LogP contribution in [-0.4, -0.2) is 23.8 Å². The number of aliphatic hydroxyl groups is 1. The van der Waals surface area contributed by atoms with Crippen LogP contribution < -0.4 is 51.4 Å². The van der Waals surface area contributed by atoms with Crippen molar-refractivity contribution in [3.8, 4) is 0 Å². The number of rotatable bonds is 18. The fraction of sp³-hybridized carbons (Fsp3) is 0.952. The van der Waals surface area contributed by atoms with Crippen LogP contribution in [0.4, 0.5) is 0 Å². The van der Waals surface area contributed by atoms with Crippen LogP contribution in [0.2, 0.25) is 0 Å². The topological polar surface area (TPSA) is 46.5 Å². The molecule has 0 heterocycles. The van der Waals surface area contributed by atoms with Crippen molar-refractivity contribution in [3.05, 3.63) is 0 Å². The van der Waals surface area contributed by atoms with E-state index in [4.69, 9.17) is 9.84 Å². The molecule has 0 aliphatic heterocycles. The maximum absolute atomic E-state index is 11.0. The quantitative estimate of drug-likeness (QED) is 0.225. The molecule has 0 fully saturated rings. The first-order valence-electron chi connectivity index (χ1n) is 10.5. The van der Waals surface area contributed by atoms with E-state index in [2.05, 4.69) is 6.92 Å². The summed E-state index contributed by atoms with van der Waals surface area (Å²) in [5.74, 6) is -0.504. The molecule has 0 saturated carbocycles. The Morgan fingerprint density at radius 3 is 1.40 bits per heavy atom. The van der Waals surface area contributed by atoms with Gasteiger partial charge in [0.2, 0.25) is 0 Å². The molecule has 146 valence electrons. The molecule has 0 aliphatic carbocycles. The van der Waals surface area contributed by atoms with Crippen molar-refractivity contribution in [2.75, 3.05) is 6.61 Å². The Balaban J connectivity index is -0.00000264. The molecule has 0 spiro atoms. The van der Waals surface area contributed by atoms with E-state index < -0.39 is 12.1 Å². The Morgan fingerprint density at radius 1 is 0.760 bits per heavy atom. The molecule has 0 aliphatic rings. The molecular weight excluding hydrogens is 339 g/mol. The third-order valence-electron chi connectivity index (χ3n) is 4.58. The molecule has 1 unspecified atom stereocenters. The van der Waals surface area contributed by atoms with Gasteiger partial charge in [-0.05, 0) is 13.3 Å². The summed E-state index contributed by atoms with van der Waals surface area (Å²) in [4.78, 5) is 11.0. The monoisotopic (exact) mass is 382 g/mol. The Morgan fingerprint density at radius 2 is 1.08 bits per heavy atom. The van der Waals surface area contributed by atoms with Gasteiger partial charge in [0, 0.05) is 0 Å². The number of hydrogen-bond acceptors (Lipinski definition) is 3. The van der Waals surface area contributed by atoms with Crippen LogP contribution in [0.5, 0.6) is 0 Å². The Hall–Kier alpha value is 1.07. The Labute approximate surface area is 201 Å². The van der Waals surface area contributed by atoms with Crippen molar-refractivity contribution < 1.29 is 67.4 Å². The van der Waals surface area contributed by atoms with Gasteiger partial charge in [-0.2, -0.15) is 0 Å². The van der Waals surface area contributed by atoms with E-state index in [0.717, 1.165) is 12.8 Å². The number of hydrogen-bond donors (Lipinski definition) is 1. The molecule has 0 aromatic carbocycles. The Bertz CT molecular complexity index is 276. The second-order valence-electron chi connectivity index (χ2n) is 7.15. The summed E-state index contributed by atoms with van der Waals surface area (Å²) in [7, 11) is 0. The van der Waals surface area contributed by atoms with Crippen LogP contribution in [0.15, 0.2) is 0 Å². The first-order valence-corrected chi connectivity index (χ1v) is 10.5. The number of unbranched alkanes of at least 4 members (excludes halogenated alkanes) is 15. The van der Waals surface area contributed by atoms with Crippen LogP contribution >= 0.6 is 0 Å². The van der Waals surface area contributed by atoms with Crippen molar-refractivity contribution in [3.63, 3.8) is 0 Å². The van der Waals surface area contributed by atoms with Crippen molar-refractivity contribution in [1.82, 2.24) is 0 Å². The predicted molar refractivity (Wildman–Crippen MR) is 103 cm³/mol. The third kappa shape index (κ3) is 23.0. The molecule has 1 atom stereocenters. The average Bonchev–Trinajstić information content (AvgIpc) is 2.57. The molecule has 0 aromatic heterocycles. The average molecular weight is 383 g/mol. The molecule has 3 nitrogen and oxygen atoms in total. The molecule has 0 amide bonds. The van der Waals surface area contributed by atoms with Gasteiger partial charge in [0.15, 0.2) is 0 Å². The second-order valence-corrected chi connectivity index (χ2v) is 7.15. The number of carbonyl (C=O) groups excluding carboxylic acids is 1. The first-order chi connectivity index (χ1) is 11.7. The van der Waals surface area contributed by atoms with E-state index >= 15 is 0 Å². The largest absolute Gasteiger partial charge is 1.00 e. The van der Waals surface area contributed by atoms with Gasteiger partial charge < -0.3 is 11.3 Å². The first kappa shape index (κ1) is 28.3. The molecule has 25 heavy (non-hydrogen) atoms. The molecule has 0 aromatic rings. The van der Waals surface area contributed by atoms with Crippen LogP contribution in [0.25, 0.3) is 0 Å². The van der Waals surface area contributed by atoms with E-state index in [0.29, 0.717) is 6.61 Å². The number of aliphatic hydroxyl groups excluding tert-OH is 1. The summed E-state index contributed by atoms with van der Waals surface area (Å²) in [5, 5.41) is 8.98. The normalized spacial score (nSPS) is 11.8. The van der Waals surface area contributed by atoms with Crippen LogP contribution in [-0.2, 0) is 9.53 Å². The predicted octanol–water partition coefficient (Wildman–Crippen LogP) is 3.29. The van der Waals surface area contributed by atoms with Crippen LogP contribution in [0.1, 0.15) is 118 Å². The molecule has 0 radical (unpaired) electrons. The van der Waals surface area contributed by atoms with E-state index in [9.17, 15) is 4.79 Å².